The minimum absolute atomic E-state index is 0.0389. The van der Waals surface area contributed by atoms with Crippen LogP contribution in [0.15, 0.2) is 91.6 Å². The van der Waals surface area contributed by atoms with Crippen molar-refractivity contribution in [3.63, 3.8) is 0 Å². The van der Waals surface area contributed by atoms with Crippen LogP contribution in [0.3, 0.4) is 0 Å². The van der Waals surface area contributed by atoms with Gasteiger partial charge in [-0.1, -0.05) is 109 Å². The Hall–Kier alpha value is -3.92. The van der Waals surface area contributed by atoms with Crippen LogP contribution in [0.25, 0.3) is 11.3 Å². The van der Waals surface area contributed by atoms with E-state index in [-0.39, 0.29) is 17.0 Å². The minimum atomic E-state index is -0.266. The van der Waals surface area contributed by atoms with Crippen LogP contribution in [0.2, 0.25) is 0 Å². The number of hydrogen-bond donors (Lipinski definition) is 0. The summed E-state index contributed by atoms with van der Waals surface area (Å²) < 4.78 is 0. The lowest BCUT2D eigenvalue weighted by Crippen LogP contribution is -2.60. The normalized spacial score (nSPS) is 20.9. The van der Waals surface area contributed by atoms with E-state index in [1.54, 1.807) is 0 Å². The van der Waals surface area contributed by atoms with E-state index < -0.39 is 0 Å². The van der Waals surface area contributed by atoms with Gasteiger partial charge in [0.1, 0.15) is 6.17 Å². The number of para-hydroxylation sites is 2. The molecule has 3 aromatic carbocycles. The molecule has 4 aromatic rings. The molecular weight excluding hydrogens is 488 g/mol. The van der Waals surface area contributed by atoms with E-state index in [1.165, 1.54) is 27.9 Å². The third-order valence-electron chi connectivity index (χ3n) is 9.46. The zero-order valence-corrected chi connectivity index (χ0v) is 24.8. The number of rotatable bonds is 5. The first-order valence-electron chi connectivity index (χ1n) is 14.5. The Balaban J connectivity index is 1.67. The molecule has 2 aliphatic heterocycles. The molecule has 6 rings (SSSR count). The maximum absolute atomic E-state index is 5.50. The Bertz CT molecular complexity index is 1560. The van der Waals surface area contributed by atoms with Gasteiger partial charge in [-0.2, -0.15) is 0 Å². The van der Waals surface area contributed by atoms with Crippen molar-refractivity contribution in [1.82, 2.24) is 9.97 Å². The lowest BCUT2D eigenvalue weighted by molar-refractivity contribution is 0.171. The highest BCUT2D eigenvalue weighted by Gasteiger charge is 2.59. The lowest BCUT2D eigenvalue weighted by atomic mass is 9.58. The molecule has 2 atom stereocenters. The molecule has 1 aromatic heterocycles. The van der Waals surface area contributed by atoms with Gasteiger partial charge >= 0.3 is 0 Å². The number of hydrogen-bond acceptors (Lipinski definition) is 4. The van der Waals surface area contributed by atoms with Gasteiger partial charge in [0.2, 0.25) is 0 Å². The van der Waals surface area contributed by atoms with Gasteiger partial charge < -0.3 is 9.80 Å². The Labute approximate surface area is 239 Å². The summed E-state index contributed by atoms with van der Waals surface area (Å²) in [4.78, 5) is 15.6. The van der Waals surface area contributed by atoms with E-state index in [0.29, 0.717) is 11.8 Å². The fourth-order valence-corrected chi connectivity index (χ4v) is 6.87. The molecule has 0 amide bonds. The van der Waals surface area contributed by atoms with Crippen molar-refractivity contribution in [2.45, 2.75) is 71.9 Å². The second-order valence-corrected chi connectivity index (χ2v) is 12.6. The molecule has 0 bridgehead atoms. The SMILES string of the molecule is C=CC1(C)c2ccccc2N2c3nc(-c4c(C(C)C)cccc4C(C)C)cnc3N(c3ccccc3)C2C1(C)C. The van der Waals surface area contributed by atoms with Crippen LogP contribution in [0, 0.1) is 5.41 Å². The zero-order chi connectivity index (χ0) is 28.4. The fraction of sp³-hybridized carbons (Fsp3) is 0.333. The summed E-state index contributed by atoms with van der Waals surface area (Å²) in [6.07, 6.45) is 4.09. The van der Waals surface area contributed by atoms with Crippen LogP contribution in [0.1, 0.15) is 77.0 Å². The Kier molecular flexibility index (Phi) is 6.14. The van der Waals surface area contributed by atoms with Crippen LogP contribution in [-0.4, -0.2) is 16.1 Å². The van der Waals surface area contributed by atoms with E-state index >= 15 is 0 Å². The Morgan fingerprint density at radius 1 is 0.775 bits per heavy atom. The molecule has 0 radical (unpaired) electrons. The molecule has 2 aliphatic rings. The molecule has 0 N–H and O–H groups in total. The molecule has 0 fully saturated rings. The first-order valence-corrected chi connectivity index (χ1v) is 14.5. The van der Waals surface area contributed by atoms with E-state index in [1.807, 2.05) is 6.20 Å². The van der Waals surface area contributed by atoms with Gasteiger partial charge in [0.25, 0.3) is 0 Å². The molecule has 0 aliphatic carbocycles. The molecule has 204 valence electrons. The van der Waals surface area contributed by atoms with Crippen molar-refractivity contribution in [1.29, 1.82) is 0 Å². The van der Waals surface area contributed by atoms with Crippen molar-refractivity contribution in [2.75, 3.05) is 9.80 Å². The van der Waals surface area contributed by atoms with Crippen LogP contribution in [0.5, 0.6) is 0 Å². The molecule has 4 nitrogen and oxygen atoms in total. The van der Waals surface area contributed by atoms with Crippen molar-refractivity contribution in [3.8, 4) is 11.3 Å². The van der Waals surface area contributed by atoms with Gasteiger partial charge in [-0.3, -0.25) is 0 Å². The van der Waals surface area contributed by atoms with E-state index in [2.05, 4.69) is 144 Å². The number of nitrogens with zero attached hydrogens (tertiary/aromatic N) is 4. The molecule has 0 saturated heterocycles. The van der Waals surface area contributed by atoms with Gasteiger partial charge in [0.05, 0.1) is 11.9 Å². The molecular formula is C36H40N4. The minimum Gasteiger partial charge on any atom is -0.301 e. The first kappa shape index (κ1) is 26.3. The maximum Gasteiger partial charge on any atom is 0.179 e. The number of anilines is 4. The van der Waals surface area contributed by atoms with Gasteiger partial charge in [0, 0.05) is 27.8 Å². The summed E-state index contributed by atoms with van der Waals surface area (Å²) in [5.74, 6) is 2.55. The summed E-state index contributed by atoms with van der Waals surface area (Å²) in [6, 6.07) is 26.0. The van der Waals surface area contributed by atoms with Crippen molar-refractivity contribution >= 4 is 23.0 Å². The lowest BCUT2D eigenvalue weighted by Gasteiger charge is -2.56. The third-order valence-corrected chi connectivity index (χ3v) is 9.46. The quantitative estimate of drug-likeness (QED) is 0.241. The van der Waals surface area contributed by atoms with E-state index in [4.69, 9.17) is 9.97 Å². The van der Waals surface area contributed by atoms with Crippen LogP contribution >= 0.6 is 0 Å². The van der Waals surface area contributed by atoms with E-state index in [0.717, 1.165) is 23.0 Å². The predicted octanol–water partition coefficient (Wildman–Crippen LogP) is 9.49. The second-order valence-electron chi connectivity index (χ2n) is 12.6. The van der Waals surface area contributed by atoms with Gasteiger partial charge in [0.15, 0.2) is 11.6 Å². The molecule has 0 spiro atoms. The monoisotopic (exact) mass is 528 g/mol. The molecule has 40 heavy (non-hydrogen) atoms. The Morgan fingerprint density at radius 3 is 2.02 bits per heavy atom. The highest BCUT2D eigenvalue weighted by Crippen LogP contribution is 2.62. The highest BCUT2D eigenvalue weighted by atomic mass is 15.5. The summed E-state index contributed by atoms with van der Waals surface area (Å²) >= 11 is 0. The number of benzene rings is 3. The van der Waals surface area contributed by atoms with Gasteiger partial charge in [-0.25, -0.2) is 9.97 Å². The molecule has 2 unspecified atom stereocenters. The zero-order valence-electron chi connectivity index (χ0n) is 24.8. The third kappa shape index (κ3) is 3.58. The molecule has 0 saturated carbocycles. The maximum atomic E-state index is 5.50. The summed E-state index contributed by atoms with van der Waals surface area (Å²) in [6.45, 7) is 20.4. The standard InChI is InChI=1S/C36H40N4/c1-9-36(8)28-20-13-14-21-30(28)40-33-32(39(34(40)35(36,6)7)25-16-11-10-12-17-25)37-22-29(38-33)31-26(23(2)3)18-15-19-27(31)24(4)5/h9-24,34H,1H2,2-8H3. The number of allylic oxidation sites excluding steroid dienone is 1. The fourth-order valence-electron chi connectivity index (χ4n) is 6.87. The first-order chi connectivity index (χ1) is 19.1. The average Bonchev–Trinajstić information content (AvgIpc) is 3.31. The number of fused-ring (bicyclic) bond motifs is 5. The predicted molar refractivity (Wildman–Crippen MR) is 168 cm³/mol. The average molecular weight is 529 g/mol. The highest BCUT2D eigenvalue weighted by molar-refractivity contribution is 5.88. The Morgan fingerprint density at radius 2 is 1.40 bits per heavy atom. The van der Waals surface area contributed by atoms with Gasteiger partial charge in [-0.15, -0.1) is 6.58 Å². The molecule has 4 heteroatoms. The van der Waals surface area contributed by atoms with Crippen LogP contribution < -0.4 is 9.80 Å². The topological polar surface area (TPSA) is 32.3 Å². The largest absolute Gasteiger partial charge is 0.301 e. The second kappa shape index (κ2) is 9.33. The van der Waals surface area contributed by atoms with E-state index in [9.17, 15) is 0 Å². The molecule has 3 heterocycles. The number of aromatic nitrogens is 2. The van der Waals surface area contributed by atoms with Crippen molar-refractivity contribution in [3.05, 3.63) is 108 Å². The van der Waals surface area contributed by atoms with Crippen LogP contribution in [0.4, 0.5) is 23.0 Å². The van der Waals surface area contributed by atoms with Crippen LogP contribution in [-0.2, 0) is 5.41 Å². The van der Waals surface area contributed by atoms with Crippen molar-refractivity contribution in [2.24, 2.45) is 5.41 Å². The van der Waals surface area contributed by atoms with Gasteiger partial charge in [-0.05, 0) is 46.7 Å². The summed E-state index contributed by atoms with van der Waals surface area (Å²) in [5, 5.41) is 0. The van der Waals surface area contributed by atoms with Crippen molar-refractivity contribution < 1.29 is 0 Å². The summed E-state index contributed by atoms with van der Waals surface area (Å²) in [7, 11) is 0. The summed E-state index contributed by atoms with van der Waals surface area (Å²) in [5.41, 5.74) is 7.83. The smallest absolute Gasteiger partial charge is 0.179 e.